The number of fused-ring (bicyclic) bond motifs is 1. The van der Waals surface area contributed by atoms with Crippen molar-refractivity contribution in [1.82, 2.24) is 4.90 Å². The zero-order valence-corrected chi connectivity index (χ0v) is 20.7. The topological polar surface area (TPSA) is 93.0 Å². The molecule has 0 N–H and O–H groups in total. The van der Waals surface area contributed by atoms with Crippen LogP contribution >= 0.6 is 0 Å². The van der Waals surface area contributed by atoms with Crippen LogP contribution in [0.25, 0.3) is 0 Å². The number of likely N-dealkylation sites (N-methyl/N-ethyl adjacent to an activating group) is 1. The van der Waals surface area contributed by atoms with Crippen LogP contribution in [0.1, 0.15) is 57.2 Å². The van der Waals surface area contributed by atoms with Crippen LogP contribution in [0.2, 0.25) is 0 Å². The Kier molecular flexibility index (Phi) is 7.10. The largest absolute Gasteiger partial charge is 0.446 e. The van der Waals surface area contributed by atoms with Crippen molar-refractivity contribution in [3.63, 3.8) is 0 Å². The molecular formula is C27H33N3O5. The third kappa shape index (κ3) is 5.01. The number of nitrogens with zero attached hydrogens (tertiary/aromatic N) is 3. The maximum absolute atomic E-state index is 13.8. The van der Waals surface area contributed by atoms with E-state index in [0.717, 1.165) is 24.8 Å². The molecule has 1 aliphatic heterocycles. The molecule has 4 atom stereocenters. The molecular weight excluding hydrogens is 446 g/mol. The molecule has 0 aromatic heterocycles. The molecule has 1 saturated carbocycles. The fourth-order valence-electron chi connectivity index (χ4n) is 5.44. The van der Waals surface area contributed by atoms with Gasteiger partial charge >= 0.3 is 6.09 Å². The lowest BCUT2D eigenvalue weighted by molar-refractivity contribution is -0.384. The van der Waals surface area contributed by atoms with Gasteiger partial charge in [0.25, 0.3) is 5.69 Å². The maximum Gasteiger partial charge on any atom is 0.411 e. The molecule has 2 aromatic rings. The number of nitro benzene ring substituents is 1. The van der Waals surface area contributed by atoms with Crippen molar-refractivity contribution in [3.8, 4) is 0 Å². The highest BCUT2D eigenvalue weighted by atomic mass is 16.6. The fraction of sp³-hybridized carbons (Fsp3) is 0.481. The minimum atomic E-state index is -0.703. The molecule has 1 aliphatic carbocycles. The molecule has 1 heterocycles. The molecule has 0 spiro atoms. The number of carbonyl (C=O) groups is 2. The number of benzene rings is 2. The highest BCUT2D eigenvalue weighted by molar-refractivity contribution is 5.98. The number of amides is 2. The zero-order chi connectivity index (χ0) is 25.3. The Morgan fingerprint density at radius 1 is 1.14 bits per heavy atom. The van der Waals surface area contributed by atoms with Crippen LogP contribution in [0, 0.1) is 27.9 Å². The first-order valence-electron chi connectivity index (χ1n) is 12.2. The summed E-state index contributed by atoms with van der Waals surface area (Å²) in [5, 5.41) is 11.6. The monoisotopic (exact) mass is 479 g/mol. The van der Waals surface area contributed by atoms with Gasteiger partial charge in [0.05, 0.1) is 11.0 Å². The van der Waals surface area contributed by atoms with E-state index in [1.807, 2.05) is 30.3 Å². The Hall–Kier alpha value is -3.42. The number of ether oxygens (including phenoxy) is 1. The van der Waals surface area contributed by atoms with E-state index >= 15 is 0 Å². The van der Waals surface area contributed by atoms with Gasteiger partial charge in [0.1, 0.15) is 12.6 Å². The summed E-state index contributed by atoms with van der Waals surface area (Å²) < 4.78 is 6.14. The van der Waals surface area contributed by atoms with E-state index in [-0.39, 0.29) is 30.2 Å². The molecule has 8 nitrogen and oxygen atoms in total. The third-order valence-electron chi connectivity index (χ3n) is 7.43. The molecule has 8 heteroatoms. The molecule has 4 rings (SSSR count). The number of hydrogen-bond donors (Lipinski definition) is 0. The minimum absolute atomic E-state index is 0.0956. The van der Waals surface area contributed by atoms with Crippen LogP contribution in [-0.2, 0) is 9.53 Å². The van der Waals surface area contributed by atoms with Gasteiger partial charge in [-0.2, -0.15) is 0 Å². The van der Waals surface area contributed by atoms with E-state index in [1.54, 1.807) is 13.1 Å². The number of anilines is 1. The highest BCUT2D eigenvalue weighted by Crippen LogP contribution is 2.41. The standard InChI is InChI=1S/C27H33N3O5/c1-17(2)21-12-10-18(3)14-24(21)35-27(32)29-16-25(31)28(4)23-13-11-20(30(33)34)15-22(23)26(29)19-8-6-5-7-9-19/h5-9,11,13,15,17-18,21,24,26H,10,12,14,16H2,1-4H3. The predicted octanol–water partition coefficient (Wildman–Crippen LogP) is 5.56. The molecule has 0 saturated heterocycles. The van der Waals surface area contributed by atoms with Gasteiger partial charge in [-0.05, 0) is 42.2 Å². The molecule has 2 aromatic carbocycles. The van der Waals surface area contributed by atoms with Crippen molar-refractivity contribution >= 4 is 23.4 Å². The van der Waals surface area contributed by atoms with Crippen LogP contribution in [0.15, 0.2) is 48.5 Å². The van der Waals surface area contributed by atoms with Gasteiger partial charge in [0.15, 0.2) is 0 Å². The predicted molar refractivity (Wildman–Crippen MR) is 133 cm³/mol. The number of non-ortho nitro benzene ring substituents is 1. The third-order valence-corrected chi connectivity index (χ3v) is 7.43. The Morgan fingerprint density at radius 3 is 2.51 bits per heavy atom. The Morgan fingerprint density at radius 2 is 1.86 bits per heavy atom. The van der Waals surface area contributed by atoms with Crippen molar-refractivity contribution in [1.29, 1.82) is 0 Å². The average Bonchev–Trinajstić information content (AvgIpc) is 2.93. The summed E-state index contributed by atoms with van der Waals surface area (Å²) in [7, 11) is 1.63. The second-order valence-corrected chi connectivity index (χ2v) is 10.1. The summed E-state index contributed by atoms with van der Waals surface area (Å²) in [5.41, 5.74) is 1.72. The summed E-state index contributed by atoms with van der Waals surface area (Å²) in [6.45, 7) is 6.28. The van der Waals surface area contributed by atoms with E-state index in [0.29, 0.717) is 23.1 Å². The normalized spacial score (nSPS) is 24.7. The van der Waals surface area contributed by atoms with Crippen molar-refractivity contribution in [2.24, 2.45) is 17.8 Å². The number of hydrogen-bond acceptors (Lipinski definition) is 5. The lowest BCUT2D eigenvalue weighted by Crippen LogP contribution is -2.44. The Balaban J connectivity index is 1.78. The van der Waals surface area contributed by atoms with Crippen molar-refractivity contribution in [2.45, 2.75) is 52.2 Å². The van der Waals surface area contributed by atoms with Gasteiger partial charge in [0.2, 0.25) is 5.91 Å². The quantitative estimate of drug-likeness (QED) is 0.423. The first kappa shape index (κ1) is 24.7. The first-order valence-corrected chi connectivity index (χ1v) is 12.2. The van der Waals surface area contributed by atoms with E-state index in [4.69, 9.17) is 4.74 Å². The summed E-state index contributed by atoms with van der Waals surface area (Å²) >= 11 is 0. The molecule has 35 heavy (non-hydrogen) atoms. The van der Waals surface area contributed by atoms with Gasteiger partial charge < -0.3 is 9.64 Å². The molecule has 4 unspecified atom stereocenters. The smallest absolute Gasteiger partial charge is 0.411 e. The van der Waals surface area contributed by atoms with E-state index in [9.17, 15) is 19.7 Å². The number of carbonyl (C=O) groups excluding carboxylic acids is 2. The lowest BCUT2D eigenvalue weighted by atomic mass is 9.75. The molecule has 0 bridgehead atoms. The van der Waals surface area contributed by atoms with E-state index in [1.165, 1.54) is 21.9 Å². The number of rotatable bonds is 4. The second kappa shape index (κ2) is 10.1. The van der Waals surface area contributed by atoms with Gasteiger partial charge in [-0.1, -0.05) is 57.5 Å². The Bertz CT molecular complexity index is 1100. The highest BCUT2D eigenvalue weighted by Gasteiger charge is 2.40. The first-order chi connectivity index (χ1) is 16.7. The summed E-state index contributed by atoms with van der Waals surface area (Å²) in [5.74, 6) is 0.787. The van der Waals surface area contributed by atoms with Gasteiger partial charge in [-0.25, -0.2) is 4.79 Å². The van der Waals surface area contributed by atoms with Crippen molar-refractivity contribution in [2.75, 3.05) is 18.5 Å². The molecule has 186 valence electrons. The summed E-state index contributed by atoms with van der Waals surface area (Å²) in [6.07, 6.45) is 2.09. The SMILES string of the molecule is CC1CCC(C(C)C)C(OC(=O)N2CC(=O)N(C)c3ccc([N+](=O)[O-])cc3C2c2ccccc2)C1. The zero-order valence-electron chi connectivity index (χ0n) is 20.7. The van der Waals surface area contributed by atoms with Gasteiger partial charge in [-0.3, -0.25) is 19.8 Å². The maximum atomic E-state index is 13.8. The summed E-state index contributed by atoms with van der Waals surface area (Å²) in [6, 6.07) is 13.0. The van der Waals surface area contributed by atoms with Crippen LogP contribution < -0.4 is 4.90 Å². The van der Waals surface area contributed by atoms with Crippen molar-refractivity contribution < 1.29 is 19.2 Å². The average molecular weight is 480 g/mol. The van der Waals surface area contributed by atoms with E-state index < -0.39 is 17.1 Å². The summed E-state index contributed by atoms with van der Waals surface area (Å²) in [4.78, 5) is 40.9. The van der Waals surface area contributed by atoms with E-state index in [2.05, 4.69) is 20.8 Å². The van der Waals surface area contributed by atoms with Gasteiger partial charge in [0, 0.05) is 30.4 Å². The van der Waals surface area contributed by atoms with Crippen LogP contribution in [0.5, 0.6) is 0 Å². The van der Waals surface area contributed by atoms with Crippen LogP contribution in [-0.4, -0.2) is 41.5 Å². The lowest BCUT2D eigenvalue weighted by Gasteiger charge is -2.38. The molecule has 2 aliphatic rings. The van der Waals surface area contributed by atoms with Crippen molar-refractivity contribution in [3.05, 3.63) is 69.8 Å². The van der Waals surface area contributed by atoms with Crippen LogP contribution in [0.3, 0.4) is 0 Å². The fourth-order valence-corrected chi connectivity index (χ4v) is 5.44. The van der Waals surface area contributed by atoms with Crippen LogP contribution in [0.4, 0.5) is 16.2 Å². The Labute approximate surface area is 206 Å². The molecule has 2 amide bonds. The molecule has 1 fully saturated rings. The second-order valence-electron chi connectivity index (χ2n) is 10.1. The van der Waals surface area contributed by atoms with Gasteiger partial charge in [-0.15, -0.1) is 0 Å². The number of nitro groups is 1. The minimum Gasteiger partial charge on any atom is -0.446 e. The molecule has 0 radical (unpaired) electrons.